The van der Waals surface area contributed by atoms with Crippen LogP contribution in [0.4, 0.5) is 18.9 Å². The zero-order valence-electron chi connectivity index (χ0n) is 15.5. The molecule has 1 amide bonds. The Morgan fingerprint density at radius 1 is 1.10 bits per heavy atom. The number of hydrogen-bond donors (Lipinski definition) is 1. The average Bonchev–Trinajstić information content (AvgIpc) is 3.15. The fourth-order valence-corrected chi connectivity index (χ4v) is 2.94. The van der Waals surface area contributed by atoms with Crippen molar-refractivity contribution in [3.8, 4) is 17.2 Å². The lowest BCUT2D eigenvalue weighted by Crippen LogP contribution is -2.27. The van der Waals surface area contributed by atoms with Crippen LogP contribution in [0, 0.1) is 6.92 Å². The van der Waals surface area contributed by atoms with Crippen LogP contribution in [-0.2, 0) is 6.18 Å². The van der Waals surface area contributed by atoms with Gasteiger partial charge in [-0.05, 0) is 37.3 Å². The molecule has 0 saturated carbocycles. The zero-order valence-corrected chi connectivity index (χ0v) is 15.5. The van der Waals surface area contributed by atoms with Gasteiger partial charge in [0.2, 0.25) is 12.2 Å². The summed E-state index contributed by atoms with van der Waals surface area (Å²) in [6, 6.07) is 10.3. The van der Waals surface area contributed by atoms with Crippen molar-refractivity contribution in [2.45, 2.75) is 13.1 Å². The van der Waals surface area contributed by atoms with E-state index in [9.17, 15) is 22.8 Å². The van der Waals surface area contributed by atoms with E-state index in [1.807, 2.05) is 0 Å². The second-order valence-corrected chi connectivity index (χ2v) is 6.48. The molecule has 154 valence electrons. The molecule has 0 atom stereocenters. The third-order valence-electron chi connectivity index (χ3n) is 4.37. The van der Waals surface area contributed by atoms with E-state index in [4.69, 9.17) is 9.47 Å². The van der Waals surface area contributed by atoms with Crippen LogP contribution in [0.15, 0.2) is 53.3 Å². The Morgan fingerprint density at radius 3 is 2.63 bits per heavy atom. The van der Waals surface area contributed by atoms with Crippen LogP contribution in [0.5, 0.6) is 11.5 Å². The topological polar surface area (TPSA) is 82.5 Å². The van der Waals surface area contributed by atoms with Crippen LogP contribution in [0.3, 0.4) is 0 Å². The first-order valence-corrected chi connectivity index (χ1v) is 8.72. The molecular weight excluding hydrogens is 403 g/mol. The highest BCUT2D eigenvalue weighted by atomic mass is 19.4. The number of fused-ring (bicyclic) bond motifs is 1. The lowest BCUT2D eigenvalue weighted by molar-refractivity contribution is -0.137. The molecule has 7 nitrogen and oxygen atoms in total. The lowest BCUT2D eigenvalue weighted by atomic mass is 10.2. The minimum Gasteiger partial charge on any atom is -0.454 e. The number of benzene rings is 2. The van der Waals surface area contributed by atoms with Gasteiger partial charge in [0.15, 0.2) is 17.2 Å². The summed E-state index contributed by atoms with van der Waals surface area (Å²) in [7, 11) is 0. The fraction of sp³-hybridized carbons (Fsp3) is 0.150. The van der Waals surface area contributed by atoms with E-state index >= 15 is 0 Å². The summed E-state index contributed by atoms with van der Waals surface area (Å²) in [4.78, 5) is 24.9. The monoisotopic (exact) mass is 417 g/mol. The summed E-state index contributed by atoms with van der Waals surface area (Å²) in [6.07, 6.45) is -4.54. The van der Waals surface area contributed by atoms with Crippen molar-refractivity contribution >= 4 is 11.6 Å². The number of rotatable bonds is 3. The molecule has 0 bridgehead atoms. The second kappa shape index (κ2) is 7.21. The quantitative estimate of drug-likeness (QED) is 0.705. The molecule has 2 aromatic carbocycles. The second-order valence-electron chi connectivity index (χ2n) is 6.48. The number of nitrogens with zero attached hydrogens (tertiary/aromatic N) is 2. The van der Waals surface area contributed by atoms with E-state index in [-0.39, 0.29) is 18.2 Å². The maximum Gasteiger partial charge on any atom is 0.416 e. The summed E-state index contributed by atoms with van der Waals surface area (Å²) in [5.74, 6) is 0.152. The minimum absolute atomic E-state index is 0.0634. The molecule has 4 rings (SSSR count). The smallest absolute Gasteiger partial charge is 0.416 e. The van der Waals surface area contributed by atoms with Crippen molar-refractivity contribution in [2.24, 2.45) is 0 Å². The van der Waals surface area contributed by atoms with E-state index in [0.717, 1.165) is 22.9 Å². The van der Waals surface area contributed by atoms with Crippen molar-refractivity contribution in [1.82, 2.24) is 9.78 Å². The number of aryl methyl sites for hydroxylation is 1. The van der Waals surface area contributed by atoms with Crippen LogP contribution < -0.4 is 20.2 Å². The maximum atomic E-state index is 13.0. The van der Waals surface area contributed by atoms with Crippen LogP contribution in [-0.4, -0.2) is 22.5 Å². The van der Waals surface area contributed by atoms with Crippen molar-refractivity contribution < 1.29 is 27.4 Å². The highest BCUT2D eigenvalue weighted by Crippen LogP contribution is 2.34. The molecule has 0 radical (unpaired) electrons. The van der Waals surface area contributed by atoms with Crippen LogP contribution >= 0.6 is 0 Å². The number of carbonyl (C=O) groups excluding carboxylic acids is 1. The molecule has 1 aromatic heterocycles. The van der Waals surface area contributed by atoms with E-state index in [2.05, 4.69) is 10.4 Å². The molecule has 0 saturated heterocycles. The Morgan fingerprint density at radius 2 is 1.87 bits per heavy atom. The first-order chi connectivity index (χ1) is 14.2. The number of hydrogen-bond acceptors (Lipinski definition) is 5. The first kappa shape index (κ1) is 19.5. The maximum absolute atomic E-state index is 13.0. The van der Waals surface area contributed by atoms with Gasteiger partial charge in [-0.15, -0.1) is 0 Å². The Labute approximate surface area is 167 Å². The SMILES string of the molecule is Cc1cc(=O)c(C(=O)Nc2ccc3c(c2)OCO3)nn1-c1cccc(C(F)(F)F)c1. The summed E-state index contributed by atoms with van der Waals surface area (Å²) in [5, 5.41) is 6.53. The third kappa shape index (κ3) is 3.71. The normalized spacial score (nSPS) is 12.7. The van der Waals surface area contributed by atoms with Gasteiger partial charge in [0.25, 0.3) is 5.91 Å². The first-order valence-electron chi connectivity index (χ1n) is 8.72. The van der Waals surface area contributed by atoms with Crippen molar-refractivity contribution in [3.05, 3.63) is 75.7 Å². The molecule has 1 aliphatic heterocycles. The number of ether oxygens (including phenoxy) is 2. The lowest BCUT2D eigenvalue weighted by Gasteiger charge is -2.13. The number of halogens is 3. The molecule has 0 fully saturated rings. The highest BCUT2D eigenvalue weighted by Gasteiger charge is 2.30. The Bertz CT molecular complexity index is 1200. The predicted molar refractivity (Wildman–Crippen MR) is 100 cm³/mol. The summed E-state index contributed by atoms with van der Waals surface area (Å²) in [6.45, 7) is 1.57. The van der Waals surface area contributed by atoms with Crippen molar-refractivity contribution in [3.63, 3.8) is 0 Å². The number of carbonyl (C=O) groups is 1. The number of amides is 1. The Kier molecular flexibility index (Phi) is 4.69. The molecule has 1 aliphatic rings. The van der Waals surface area contributed by atoms with Crippen molar-refractivity contribution in [1.29, 1.82) is 0 Å². The Balaban J connectivity index is 1.68. The number of anilines is 1. The van der Waals surface area contributed by atoms with Crippen molar-refractivity contribution in [2.75, 3.05) is 12.1 Å². The van der Waals surface area contributed by atoms with Crippen LogP contribution in [0.2, 0.25) is 0 Å². The van der Waals surface area contributed by atoms with Gasteiger partial charge in [-0.25, -0.2) is 4.68 Å². The van der Waals surface area contributed by atoms with Gasteiger partial charge in [0.05, 0.1) is 11.3 Å². The number of nitrogens with one attached hydrogen (secondary N) is 1. The molecule has 3 aromatic rings. The van der Waals surface area contributed by atoms with E-state index in [1.54, 1.807) is 12.1 Å². The van der Waals surface area contributed by atoms with Gasteiger partial charge in [-0.2, -0.15) is 18.3 Å². The fourth-order valence-electron chi connectivity index (χ4n) is 2.94. The minimum atomic E-state index is -4.54. The standard InChI is InChI=1S/C20H14F3N3O4/c1-11-7-15(27)18(19(28)24-13-5-6-16-17(9-13)30-10-29-16)25-26(11)14-4-2-3-12(8-14)20(21,22)23/h2-9H,10H2,1H3,(H,24,28). The van der Waals surface area contributed by atoms with Crippen LogP contribution in [0.25, 0.3) is 5.69 Å². The predicted octanol–water partition coefficient (Wildman–Crippen LogP) is 3.54. The van der Waals surface area contributed by atoms with Gasteiger partial charge in [-0.1, -0.05) is 6.07 Å². The van der Waals surface area contributed by atoms with Gasteiger partial charge < -0.3 is 14.8 Å². The Hall–Kier alpha value is -3.82. The molecule has 0 aliphatic carbocycles. The highest BCUT2D eigenvalue weighted by molar-refractivity contribution is 6.02. The average molecular weight is 417 g/mol. The molecule has 30 heavy (non-hydrogen) atoms. The molecule has 2 heterocycles. The zero-order chi connectivity index (χ0) is 21.5. The third-order valence-corrected chi connectivity index (χ3v) is 4.37. The number of alkyl halides is 3. The van der Waals surface area contributed by atoms with Gasteiger partial charge >= 0.3 is 6.18 Å². The summed E-state index contributed by atoms with van der Waals surface area (Å²) >= 11 is 0. The van der Waals surface area contributed by atoms with E-state index < -0.39 is 28.8 Å². The molecule has 1 N–H and O–H groups in total. The van der Waals surface area contributed by atoms with Crippen LogP contribution in [0.1, 0.15) is 21.7 Å². The van der Waals surface area contributed by atoms with Gasteiger partial charge in [-0.3, -0.25) is 9.59 Å². The summed E-state index contributed by atoms with van der Waals surface area (Å²) < 4.78 is 50.6. The largest absolute Gasteiger partial charge is 0.454 e. The van der Waals surface area contributed by atoms with Gasteiger partial charge in [0, 0.05) is 23.5 Å². The van der Waals surface area contributed by atoms with Gasteiger partial charge in [0.1, 0.15) is 0 Å². The van der Waals surface area contributed by atoms with E-state index in [0.29, 0.717) is 17.2 Å². The molecule has 0 spiro atoms. The molecular formula is C20H14F3N3O4. The molecule has 10 heteroatoms. The number of aromatic nitrogens is 2. The van der Waals surface area contributed by atoms with E-state index in [1.165, 1.54) is 25.1 Å². The molecule has 0 unspecified atom stereocenters. The summed E-state index contributed by atoms with van der Waals surface area (Å²) in [5.41, 5.74) is -1.30.